The molecule has 2 saturated heterocycles. The lowest BCUT2D eigenvalue weighted by Gasteiger charge is -2.29. The minimum Gasteiger partial charge on any atom is -0.393 e. The van der Waals surface area contributed by atoms with Gasteiger partial charge >= 0.3 is 0 Å². The third-order valence-corrected chi connectivity index (χ3v) is 4.25. The molecule has 0 spiro atoms. The maximum atomic E-state index is 12.4. The molecule has 0 unspecified atom stereocenters. The predicted molar refractivity (Wildman–Crippen MR) is 79.2 cm³/mol. The van der Waals surface area contributed by atoms with Crippen LogP contribution in [0.4, 0.5) is 5.69 Å². The second-order valence-corrected chi connectivity index (χ2v) is 5.72. The van der Waals surface area contributed by atoms with E-state index in [-0.39, 0.29) is 17.9 Å². The van der Waals surface area contributed by atoms with Crippen molar-refractivity contribution in [2.24, 2.45) is 0 Å². The number of likely N-dealkylation sites (tertiary alicyclic amines) is 1. The van der Waals surface area contributed by atoms with Crippen LogP contribution in [0.1, 0.15) is 36.0 Å². The number of nitrogens with zero attached hydrogens (tertiary/aromatic N) is 2. The number of anilines is 1. The topological polar surface area (TPSA) is 60.9 Å². The quantitative estimate of drug-likeness (QED) is 0.895. The number of hydrogen-bond acceptors (Lipinski definition) is 3. The fourth-order valence-corrected chi connectivity index (χ4v) is 2.96. The van der Waals surface area contributed by atoms with E-state index in [1.807, 2.05) is 12.1 Å². The van der Waals surface area contributed by atoms with Gasteiger partial charge in [-0.2, -0.15) is 0 Å². The predicted octanol–water partition coefficient (Wildman–Crippen LogP) is 1.41. The van der Waals surface area contributed by atoms with E-state index in [9.17, 15) is 14.7 Å². The first-order valence-electron chi connectivity index (χ1n) is 7.53. The molecule has 5 nitrogen and oxygen atoms in total. The number of aliphatic hydroxyl groups excluding tert-OH is 1. The largest absolute Gasteiger partial charge is 0.393 e. The highest BCUT2D eigenvalue weighted by Gasteiger charge is 2.24. The minimum absolute atomic E-state index is 0.00111. The molecular weight excluding hydrogens is 268 g/mol. The molecule has 3 rings (SSSR count). The first-order valence-corrected chi connectivity index (χ1v) is 7.53. The summed E-state index contributed by atoms with van der Waals surface area (Å²) in [5.74, 6) is 0.153. The molecule has 21 heavy (non-hydrogen) atoms. The highest BCUT2D eigenvalue weighted by molar-refractivity contribution is 5.97. The molecule has 0 aliphatic carbocycles. The summed E-state index contributed by atoms with van der Waals surface area (Å²) in [5.41, 5.74) is 1.50. The molecule has 0 aromatic heterocycles. The van der Waals surface area contributed by atoms with Crippen LogP contribution in [0.25, 0.3) is 0 Å². The summed E-state index contributed by atoms with van der Waals surface area (Å²) in [6.45, 7) is 1.97. The van der Waals surface area contributed by atoms with Crippen molar-refractivity contribution in [1.29, 1.82) is 0 Å². The molecular formula is C16H20N2O3. The summed E-state index contributed by atoms with van der Waals surface area (Å²) >= 11 is 0. The van der Waals surface area contributed by atoms with E-state index in [1.165, 1.54) is 0 Å². The smallest absolute Gasteiger partial charge is 0.253 e. The van der Waals surface area contributed by atoms with Crippen LogP contribution in [0.3, 0.4) is 0 Å². The highest BCUT2D eigenvalue weighted by Crippen LogP contribution is 2.22. The van der Waals surface area contributed by atoms with Crippen LogP contribution < -0.4 is 4.90 Å². The van der Waals surface area contributed by atoms with Gasteiger partial charge in [-0.3, -0.25) is 9.59 Å². The molecule has 2 aliphatic heterocycles. The van der Waals surface area contributed by atoms with Crippen LogP contribution in [0, 0.1) is 0 Å². The average molecular weight is 288 g/mol. The number of carbonyl (C=O) groups excluding carboxylic acids is 2. The number of aliphatic hydroxyl groups is 1. The minimum atomic E-state index is -0.280. The second kappa shape index (κ2) is 5.85. The van der Waals surface area contributed by atoms with Crippen molar-refractivity contribution in [2.45, 2.75) is 31.8 Å². The number of benzene rings is 1. The fraction of sp³-hybridized carbons (Fsp3) is 0.500. The second-order valence-electron chi connectivity index (χ2n) is 5.72. The lowest BCUT2D eigenvalue weighted by molar-refractivity contribution is -0.117. The third kappa shape index (κ3) is 2.93. The molecule has 0 radical (unpaired) electrons. The van der Waals surface area contributed by atoms with Crippen molar-refractivity contribution in [3.63, 3.8) is 0 Å². The maximum Gasteiger partial charge on any atom is 0.253 e. The van der Waals surface area contributed by atoms with Gasteiger partial charge in [-0.25, -0.2) is 0 Å². The van der Waals surface area contributed by atoms with E-state index in [0.29, 0.717) is 37.9 Å². The molecule has 2 heterocycles. The molecule has 1 aromatic carbocycles. The van der Waals surface area contributed by atoms with Gasteiger partial charge in [-0.15, -0.1) is 0 Å². The van der Waals surface area contributed by atoms with Crippen LogP contribution >= 0.6 is 0 Å². The Morgan fingerprint density at radius 1 is 1.10 bits per heavy atom. The van der Waals surface area contributed by atoms with Crippen LogP contribution in [0.2, 0.25) is 0 Å². The molecule has 2 aliphatic rings. The Kier molecular flexibility index (Phi) is 3.92. The fourth-order valence-electron chi connectivity index (χ4n) is 2.96. The average Bonchev–Trinajstić information content (AvgIpc) is 2.94. The van der Waals surface area contributed by atoms with Crippen molar-refractivity contribution in [2.75, 3.05) is 24.5 Å². The van der Waals surface area contributed by atoms with Crippen LogP contribution in [-0.2, 0) is 4.79 Å². The number of carbonyl (C=O) groups is 2. The summed E-state index contributed by atoms with van der Waals surface area (Å²) in [6, 6.07) is 7.26. The Hall–Kier alpha value is -1.88. The highest BCUT2D eigenvalue weighted by atomic mass is 16.3. The summed E-state index contributed by atoms with van der Waals surface area (Å²) in [7, 11) is 0. The monoisotopic (exact) mass is 288 g/mol. The van der Waals surface area contributed by atoms with Crippen molar-refractivity contribution in [1.82, 2.24) is 4.90 Å². The Balaban J connectivity index is 1.69. The first kappa shape index (κ1) is 14.1. The molecule has 0 atom stereocenters. The van der Waals surface area contributed by atoms with E-state index < -0.39 is 0 Å². The standard InChI is InChI=1S/C16H20N2O3/c19-14-7-10-17(11-8-14)16(21)12-3-5-13(6-4-12)18-9-1-2-15(18)20/h3-6,14,19H,1-2,7-11H2. The number of rotatable bonds is 2. The molecule has 2 fully saturated rings. The molecule has 0 bridgehead atoms. The van der Waals surface area contributed by atoms with Crippen molar-refractivity contribution < 1.29 is 14.7 Å². The number of piperidine rings is 1. The molecule has 112 valence electrons. The van der Waals surface area contributed by atoms with Gasteiger partial charge < -0.3 is 14.9 Å². The van der Waals surface area contributed by atoms with Crippen molar-refractivity contribution in [3.8, 4) is 0 Å². The van der Waals surface area contributed by atoms with Crippen LogP contribution in [0.5, 0.6) is 0 Å². The summed E-state index contributed by atoms with van der Waals surface area (Å²) in [6.07, 6.45) is 2.52. The van der Waals surface area contributed by atoms with Gasteiger partial charge in [0.2, 0.25) is 5.91 Å². The Labute approximate surface area is 124 Å². The van der Waals surface area contributed by atoms with Gasteiger partial charge in [-0.1, -0.05) is 0 Å². The van der Waals surface area contributed by atoms with Crippen molar-refractivity contribution in [3.05, 3.63) is 29.8 Å². The maximum absolute atomic E-state index is 12.4. The SMILES string of the molecule is O=C(c1ccc(N2CCCC2=O)cc1)N1CCC(O)CC1. The van der Waals surface area contributed by atoms with Gasteiger partial charge in [0, 0.05) is 37.3 Å². The van der Waals surface area contributed by atoms with E-state index >= 15 is 0 Å². The van der Waals surface area contributed by atoms with E-state index in [1.54, 1.807) is 21.9 Å². The lowest BCUT2D eigenvalue weighted by atomic mass is 10.1. The molecule has 0 saturated carbocycles. The molecule has 1 N–H and O–H groups in total. The van der Waals surface area contributed by atoms with E-state index in [2.05, 4.69) is 0 Å². The summed E-state index contributed by atoms with van der Waals surface area (Å²) in [5, 5.41) is 9.49. The first-order chi connectivity index (χ1) is 10.1. The van der Waals surface area contributed by atoms with Crippen molar-refractivity contribution >= 4 is 17.5 Å². The Bertz CT molecular complexity index is 533. The van der Waals surface area contributed by atoms with Gasteiger partial charge in [0.1, 0.15) is 0 Å². The van der Waals surface area contributed by atoms with Gasteiger partial charge in [-0.05, 0) is 43.5 Å². The van der Waals surface area contributed by atoms with Crippen LogP contribution in [-0.4, -0.2) is 47.6 Å². The lowest BCUT2D eigenvalue weighted by Crippen LogP contribution is -2.40. The number of hydrogen-bond donors (Lipinski definition) is 1. The molecule has 5 heteroatoms. The zero-order valence-electron chi connectivity index (χ0n) is 12.0. The Morgan fingerprint density at radius 3 is 2.33 bits per heavy atom. The normalized spacial score (nSPS) is 20.1. The third-order valence-electron chi connectivity index (χ3n) is 4.25. The van der Waals surface area contributed by atoms with Gasteiger partial charge in [0.15, 0.2) is 0 Å². The zero-order chi connectivity index (χ0) is 14.8. The van der Waals surface area contributed by atoms with Gasteiger partial charge in [0.25, 0.3) is 5.91 Å². The molecule has 2 amide bonds. The van der Waals surface area contributed by atoms with Crippen LogP contribution in [0.15, 0.2) is 24.3 Å². The van der Waals surface area contributed by atoms with E-state index in [4.69, 9.17) is 0 Å². The van der Waals surface area contributed by atoms with Gasteiger partial charge in [0.05, 0.1) is 6.10 Å². The Morgan fingerprint density at radius 2 is 1.76 bits per heavy atom. The number of amides is 2. The summed E-state index contributed by atoms with van der Waals surface area (Å²) < 4.78 is 0. The van der Waals surface area contributed by atoms with E-state index in [0.717, 1.165) is 18.7 Å². The summed E-state index contributed by atoms with van der Waals surface area (Å²) in [4.78, 5) is 27.6. The zero-order valence-corrected chi connectivity index (χ0v) is 12.0. The molecule has 1 aromatic rings.